The largest absolute Gasteiger partial charge is 0.297 e. The first-order valence-corrected chi connectivity index (χ1v) is 6.47. The van der Waals surface area contributed by atoms with Crippen LogP contribution < -0.4 is 10.9 Å². The van der Waals surface area contributed by atoms with E-state index in [1.54, 1.807) is 10.6 Å². The van der Waals surface area contributed by atoms with Gasteiger partial charge in [-0.25, -0.2) is 4.98 Å². The van der Waals surface area contributed by atoms with E-state index in [0.29, 0.717) is 10.9 Å². The number of rotatable bonds is 1. The molecule has 0 amide bonds. The molecule has 18 heavy (non-hydrogen) atoms. The molecule has 94 valence electrons. The molecule has 0 spiro atoms. The molecule has 1 N–H and O–H groups in total. The molecule has 3 rings (SSSR count). The van der Waals surface area contributed by atoms with Crippen LogP contribution in [0.5, 0.6) is 0 Å². The number of fused-ring (bicyclic) bond motifs is 1. The van der Waals surface area contributed by atoms with Crippen molar-refractivity contribution in [3.63, 3.8) is 0 Å². The van der Waals surface area contributed by atoms with E-state index in [9.17, 15) is 4.79 Å². The summed E-state index contributed by atoms with van der Waals surface area (Å²) in [5.41, 5.74) is 1.60. The number of hydrogen-bond acceptors (Lipinski definition) is 3. The molecule has 1 aliphatic rings. The number of nitrogens with zero attached hydrogens (tertiary/aromatic N) is 2. The zero-order chi connectivity index (χ0) is 12.7. The molecule has 1 aromatic carbocycles. The molecule has 0 radical (unpaired) electrons. The fourth-order valence-corrected chi connectivity index (χ4v) is 2.78. The summed E-state index contributed by atoms with van der Waals surface area (Å²) in [6.07, 6.45) is 1.94. The van der Waals surface area contributed by atoms with E-state index in [0.717, 1.165) is 24.9 Å². The van der Waals surface area contributed by atoms with Gasteiger partial charge in [-0.3, -0.25) is 14.7 Å². The molecule has 2 aromatic rings. The number of aryl methyl sites for hydroxylation is 1. The highest BCUT2D eigenvalue weighted by atomic mass is 35.5. The van der Waals surface area contributed by atoms with Gasteiger partial charge in [0, 0.05) is 0 Å². The van der Waals surface area contributed by atoms with Gasteiger partial charge in [0.2, 0.25) is 5.28 Å². The third-order valence-corrected chi connectivity index (χ3v) is 3.70. The van der Waals surface area contributed by atoms with E-state index in [1.807, 2.05) is 19.1 Å². The van der Waals surface area contributed by atoms with Crippen LogP contribution in [0.4, 0.5) is 0 Å². The molecular weight excluding hydrogens is 250 g/mol. The van der Waals surface area contributed by atoms with Gasteiger partial charge in [0.1, 0.15) is 0 Å². The van der Waals surface area contributed by atoms with Gasteiger partial charge >= 0.3 is 0 Å². The van der Waals surface area contributed by atoms with Crippen LogP contribution in [0.1, 0.15) is 24.6 Å². The standard InChI is InChI=1S/C13H14ClN3O/c1-8-4-2-5-9-11(8)16-13(14)17(12(9)18)10-6-3-7-15-10/h2,4-5,10,15H,3,6-7H2,1H3. The van der Waals surface area contributed by atoms with Crippen LogP contribution in [0, 0.1) is 6.92 Å². The summed E-state index contributed by atoms with van der Waals surface area (Å²) in [4.78, 5) is 16.9. The minimum absolute atomic E-state index is 0.0255. The summed E-state index contributed by atoms with van der Waals surface area (Å²) < 4.78 is 1.57. The average Bonchev–Trinajstić information content (AvgIpc) is 2.84. The van der Waals surface area contributed by atoms with Crippen molar-refractivity contribution in [2.45, 2.75) is 25.9 Å². The van der Waals surface area contributed by atoms with E-state index in [4.69, 9.17) is 11.6 Å². The quantitative estimate of drug-likeness (QED) is 0.803. The van der Waals surface area contributed by atoms with Crippen molar-refractivity contribution in [1.82, 2.24) is 14.9 Å². The zero-order valence-electron chi connectivity index (χ0n) is 10.1. The molecule has 1 fully saturated rings. The van der Waals surface area contributed by atoms with Crippen molar-refractivity contribution in [2.75, 3.05) is 6.54 Å². The monoisotopic (exact) mass is 263 g/mol. The van der Waals surface area contributed by atoms with E-state index < -0.39 is 0 Å². The number of hydrogen-bond donors (Lipinski definition) is 1. The lowest BCUT2D eigenvalue weighted by atomic mass is 10.1. The Morgan fingerprint density at radius 2 is 2.33 bits per heavy atom. The lowest BCUT2D eigenvalue weighted by molar-refractivity contribution is 0.453. The minimum atomic E-state index is -0.0619. The number of para-hydroxylation sites is 1. The van der Waals surface area contributed by atoms with Gasteiger partial charge < -0.3 is 0 Å². The summed E-state index contributed by atoms with van der Waals surface area (Å²) in [5.74, 6) is 0. The average molecular weight is 264 g/mol. The molecule has 1 aromatic heterocycles. The number of benzene rings is 1. The van der Waals surface area contributed by atoms with Gasteiger partial charge in [-0.2, -0.15) is 0 Å². The zero-order valence-corrected chi connectivity index (χ0v) is 10.9. The Kier molecular flexibility index (Phi) is 2.84. The minimum Gasteiger partial charge on any atom is -0.297 e. The van der Waals surface area contributed by atoms with Crippen molar-refractivity contribution in [2.24, 2.45) is 0 Å². The number of nitrogens with one attached hydrogen (secondary N) is 1. The highest BCUT2D eigenvalue weighted by Gasteiger charge is 2.21. The molecule has 0 saturated carbocycles. The molecule has 5 heteroatoms. The third-order valence-electron chi connectivity index (χ3n) is 3.44. The second kappa shape index (κ2) is 4.37. The molecule has 1 aliphatic heterocycles. The van der Waals surface area contributed by atoms with Crippen LogP contribution in [-0.2, 0) is 0 Å². The second-order valence-electron chi connectivity index (χ2n) is 4.64. The first-order chi connectivity index (χ1) is 8.68. The van der Waals surface area contributed by atoms with E-state index in [1.165, 1.54) is 0 Å². The van der Waals surface area contributed by atoms with Crippen molar-refractivity contribution in [1.29, 1.82) is 0 Å². The lowest BCUT2D eigenvalue weighted by Crippen LogP contribution is -2.31. The fourth-order valence-electron chi connectivity index (χ4n) is 2.50. The van der Waals surface area contributed by atoms with Crippen LogP contribution in [0.25, 0.3) is 10.9 Å². The Bertz CT molecular complexity index is 659. The number of halogens is 1. The maximum absolute atomic E-state index is 12.5. The highest BCUT2D eigenvalue weighted by Crippen LogP contribution is 2.21. The highest BCUT2D eigenvalue weighted by molar-refractivity contribution is 6.28. The van der Waals surface area contributed by atoms with Crippen molar-refractivity contribution in [3.05, 3.63) is 39.4 Å². The van der Waals surface area contributed by atoms with Crippen LogP contribution in [-0.4, -0.2) is 16.1 Å². The smallest absolute Gasteiger partial charge is 0.263 e. The molecule has 4 nitrogen and oxygen atoms in total. The first-order valence-electron chi connectivity index (χ1n) is 6.09. The Morgan fingerprint density at radius 1 is 1.50 bits per heavy atom. The van der Waals surface area contributed by atoms with Crippen LogP contribution in [0.3, 0.4) is 0 Å². The molecule has 1 atom stereocenters. The van der Waals surface area contributed by atoms with Gasteiger partial charge in [0.05, 0.1) is 17.1 Å². The summed E-state index contributed by atoms with van der Waals surface area (Å²) in [5, 5.41) is 4.17. The Balaban J connectivity index is 2.30. The van der Waals surface area contributed by atoms with Gasteiger partial charge in [-0.15, -0.1) is 0 Å². The third kappa shape index (κ3) is 1.72. The topological polar surface area (TPSA) is 46.9 Å². The van der Waals surface area contributed by atoms with Crippen LogP contribution in [0.15, 0.2) is 23.0 Å². The van der Waals surface area contributed by atoms with Gasteiger partial charge in [-0.05, 0) is 49.5 Å². The molecule has 1 unspecified atom stereocenters. The van der Waals surface area contributed by atoms with Gasteiger partial charge in [0.15, 0.2) is 0 Å². The predicted octanol–water partition coefficient (Wildman–Crippen LogP) is 2.24. The lowest BCUT2D eigenvalue weighted by Gasteiger charge is -2.16. The maximum Gasteiger partial charge on any atom is 0.263 e. The fraction of sp³-hybridized carbons (Fsp3) is 0.385. The van der Waals surface area contributed by atoms with Gasteiger partial charge in [0.25, 0.3) is 5.56 Å². The summed E-state index contributed by atoms with van der Waals surface area (Å²) >= 11 is 6.17. The van der Waals surface area contributed by atoms with Crippen molar-refractivity contribution < 1.29 is 0 Å². The maximum atomic E-state index is 12.5. The Labute approximate surface area is 110 Å². The molecule has 2 heterocycles. The SMILES string of the molecule is Cc1cccc2c(=O)n(C3CCCN3)c(Cl)nc12. The molecular formula is C13H14ClN3O. The molecule has 1 saturated heterocycles. The Hall–Kier alpha value is -1.39. The van der Waals surface area contributed by atoms with Crippen LogP contribution in [0.2, 0.25) is 5.28 Å². The van der Waals surface area contributed by atoms with E-state index >= 15 is 0 Å². The molecule has 0 bridgehead atoms. The predicted molar refractivity (Wildman–Crippen MR) is 72.0 cm³/mol. The van der Waals surface area contributed by atoms with Crippen molar-refractivity contribution >= 4 is 22.5 Å². The second-order valence-corrected chi connectivity index (χ2v) is 4.98. The summed E-state index contributed by atoms with van der Waals surface area (Å²) in [6.45, 7) is 2.85. The number of aromatic nitrogens is 2. The van der Waals surface area contributed by atoms with E-state index in [2.05, 4.69) is 10.3 Å². The Morgan fingerprint density at radius 3 is 3.06 bits per heavy atom. The van der Waals surface area contributed by atoms with Gasteiger partial charge in [-0.1, -0.05) is 12.1 Å². The molecule has 0 aliphatic carbocycles. The first kappa shape index (κ1) is 11.7. The van der Waals surface area contributed by atoms with Crippen molar-refractivity contribution in [3.8, 4) is 0 Å². The summed E-state index contributed by atoms with van der Waals surface area (Å²) in [7, 11) is 0. The summed E-state index contributed by atoms with van der Waals surface area (Å²) in [6, 6.07) is 5.61. The van der Waals surface area contributed by atoms with E-state index in [-0.39, 0.29) is 17.0 Å². The van der Waals surface area contributed by atoms with Crippen LogP contribution >= 0.6 is 11.6 Å². The normalized spacial score (nSPS) is 19.6.